The first-order valence-corrected chi connectivity index (χ1v) is 11.4. The van der Waals surface area contributed by atoms with Gasteiger partial charge in [0.25, 0.3) is 0 Å². The zero-order chi connectivity index (χ0) is 17.7. The molecule has 0 aliphatic heterocycles. The summed E-state index contributed by atoms with van der Waals surface area (Å²) >= 11 is 17.3. The second-order valence-electron chi connectivity index (χ2n) is 5.29. The Morgan fingerprint density at radius 1 is 0.696 bits per heavy atom. The predicted octanol–water partition coefficient (Wildman–Crippen LogP) is 6.37. The van der Waals surface area contributed by atoms with Crippen LogP contribution < -0.4 is 0 Å². The molecule has 0 aliphatic carbocycles. The number of rotatable bonds is 15. The van der Waals surface area contributed by atoms with E-state index in [1.165, 1.54) is 0 Å². The molecule has 0 aliphatic rings. The summed E-state index contributed by atoms with van der Waals surface area (Å²) in [6.07, 6.45) is 3.03. The molecular weight excluding hydrogens is 381 g/mol. The van der Waals surface area contributed by atoms with Crippen LogP contribution in [0.4, 0.5) is 0 Å². The topological polar surface area (TPSA) is 44.8 Å². The van der Waals surface area contributed by atoms with Crippen LogP contribution in [0.25, 0.3) is 0 Å². The van der Waals surface area contributed by atoms with Gasteiger partial charge in [-0.25, -0.2) is 4.57 Å². The summed E-state index contributed by atoms with van der Waals surface area (Å²) in [4.78, 5) is 0. The van der Waals surface area contributed by atoms with Gasteiger partial charge in [0.05, 0.1) is 18.3 Å². The van der Waals surface area contributed by atoms with Gasteiger partial charge in [-0.1, -0.05) is 20.8 Å². The van der Waals surface area contributed by atoms with Crippen molar-refractivity contribution >= 4 is 42.6 Å². The highest BCUT2D eigenvalue weighted by Crippen LogP contribution is 2.54. The van der Waals surface area contributed by atoms with Crippen LogP contribution in [-0.4, -0.2) is 36.0 Å². The zero-order valence-corrected chi connectivity index (χ0v) is 17.5. The maximum Gasteiger partial charge on any atom is 0.475 e. The Morgan fingerprint density at radius 3 is 1.13 bits per heavy atom. The van der Waals surface area contributed by atoms with Crippen molar-refractivity contribution in [2.75, 3.05) is 17.6 Å². The molecule has 0 saturated heterocycles. The van der Waals surface area contributed by atoms with Crippen molar-refractivity contribution in [2.45, 2.75) is 77.6 Å². The fourth-order valence-electron chi connectivity index (χ4n) is 1.98. The summed E-state index contributed by atoms with van der Waals surface area (Å²) in [5.74, 6) is 1.28. The molecule has 0 bridgehead atoms. The SMILES string of the molecule is CCC(CCCl)OP(=O)(OC(CC)CCCl)OC(CC)CCCl. The molecule has 0 saturated carbocycles. The van der Waals surface area contributed by atoms with Crippen LogP contribution in [0.2, 0.25) is 0 Å². The van der Waals surface area contributed by atoms with Gasteiger partial charge >= 0.3 is 7.82 Å². The lowest BCUT2D eigenvalue weighted by molar-refractivity contribution is 0.0258. The molecule has 0 aromatic heterocycles. The van der Waals surface area contributed by atoms with E-state index in [1.54, 1.807) is 0 Å². The average Bonchev–Trinajstić information content (AvgIpc) is 2.53. The Hall–Kier alpha value is 0.980. The van der Waals surface area contributed by atoms with E-state index >= 15 is 0 Å². The van der Waals surface area contributed by atoms with Gasteiger partial charge in [-0.05, 0) is 38.5 Å². The molecule has 0 fully saturated rings. The average molecular weight is 412 g/mol. The maximum absolute atomic E-state index is 13.1. The molecule has 0 rings (SSSR count). The standard InChI is InChI=1S/C15H30Cl3O4P/c1-4-13(7-10-16)20-23(19,21-14(5-2)8-11-17)22-15(6-3)9-12-18/h13-15H,4-12H2,1-3H3. The van der Waals surface area contributed by atoms with Gasteiger partial charge < -0.3 is 0 Å². The van der Waals surface area contributed by atoms with Crippen molar-refractivity contribution in [2.24, 2.45) is 0 Å². The lowest BCUT2D eigenvalue weighted by Gasteiger charge is -2.29. The van der Waals surface area contributed by atoms with E-state index in [1.807, 2.05) is 20.8 Å². The van der Waals surface area contributed by atoms with Crippen molar-refractivity contribution in [3.8, 4) is 0 Å². The molecular formula is C15H30Cl3O4P. The maximum atomic E-state index is 13.1. The highest BCUT2D eigenvalue weighted by Gasteiger charge is 2.35. The summed E-state index contributed by atoms with van der Waals surface area (Å²) < 4.78 is 30.3. The molecule has 140 valence electrons. The van der Waals surface area contributed by atoms with Crippen LogP contribution in [0.5, 0.6) is 0 Å². The van der Waals surface area contributed by atoms with Gasteiger partial charge in [0.1, 0.15) is 0 Å². The number of hydrogen-bond donors (Lipinski definition) is 0. The lowest BCUT2D eigenvalue weighted by Crippen LogP contribution is -2.21. The Morgan fingerprint density at radius 2 is 0.957 bits per heavy atom. The molecule has 3 atom stereocenters. The molecule has 0 heterocycles. The van der Waals surface area contributed by atoms with Crippen molar-refractivity contribution in [1.82, 2.24) is 0 Å². The summed E-state index contributed by atoms with van der Waals surface area (Å²) in [7, 11) is -3.70. The molecule has 0 radical (unpaired) electrons. The van der Waals surface area contributed by atoms with E-state index in [0.717, 1.165) is 0 Å². The van der Waals surface area contributed by atoms with Crippen LogP contribution in [0.3, 0.4) is 0 Å². The second-order valence-corrected chi connectivity index (χ2v) is 7.95. The summed E-state index contributed by atoms with van der Waals surface area (Å²) in [6, 6.07) is 0. The molecule has 23 heavy (non-hydrogen) atoms. The van der Waals surface area contributed by atoms with E-state index in [0.29, 0.717) is 56.2 Å². The Kier molecular flexibility index (Phi) is 14.8. The Bertz CT molecular complexity index is 286. The smallest absolute Gasteiger partial charge is 0.283 e. The molecule has 0 spiro atoms. The van der Waals surface area contributed by atoms with E-state index in [-0.39, 0.29) is 18.3 Å². The van der Waals surface area contributed by atoms with Crippen molar-refractivity contribution < 1.29 is 18.1 Å². The Balaban J connectivity index is 5.10. The van der Waals surface area contributed by atoms with E-state index in [2.05, 4.69) is 0 Å². The first-order valence-electron chi connectivity index (χ1n) is 8.31. The van der Waals surface area contributed by atoms with E-state index in [9.17, 15) is 4.57 Å². The van der Waals surface area contributed by atoms with Gasteiger partial charge in [0.15, 0.2) is 0 Å². The third-order valence-electron chi connectivity index (χ3n) is 3.49. The predicted molar refractivity (Wildman–Crippen MR) is 99.1 cm³/mol. The Labute approximate surface area is 156 Å². The first kappa shape index (κ1) is 24.0. The van der Waals surface area contributed by atoms with Gasteiger partial charge in [-0.2, -0.15) is 0 Å². The number of halogens is 3. The number of alkyl halides is 3. The van der Waals surface area contributed by atoms with Crippen LogP contribution in [0.15, 0.2) is 0 Å². The zero-order valence-electron chi connectivity index (χ0n) is 14.3. The minimum atomic E-state index is -3.70. The van der Waals surface area contributed by atoms with Crippen LogP contribution in [0.1, 0.15) is 59.3 Å². The van der Waals surface area contributed by atoms with Gasteiger partial charge in [-0.15, -0.1) is 34.8 Å². The molecule has 0 aromatic carbocycles. The van der Waals surface area contributed by atoms with Gasteiger partial charge in [-0.3, -0.25) is 13.6 Å². The van der Waals surface area contributed by atoms with Crippen molar-refractivity contribution in [3.63, 3.8) is 0 Å². The molecule has 0 amide bonds. The molecule has 3 unspecified atom stereocenters. The fraction of sp³-hybridized carbons (Fsp3) is 1.00. The number of hydrogen-bond acceptors (Lipinski definition) is 4. The van der Waals surface area contributed by atoms with Crippen LogP contribution >= 0.6 is 42.6 Å². The molecule has 0 aromatic rings. The van der Waals surface area contributed by atoms with Crippen LogP contribution in [0, 0.1) is 0 Å². The molecule has 4 nitrogen and oxygen atoms in total. The normalized spacial score (nSPS) is 18.3. The highest BCUT2D eigenvalue weighted by molar-refractivity contribution is 7.48. The number of phosphoric acid groups is 1. The van der Waals surface area contributed by atoms with Crippen LogP contribution in [-0.2, 0) is 18.1 Å². The third kappa shape index (κ3) is 10.5. The molecule has 8 heteroatoms. The van der Waals surface area contributed by atoms with E-state index in [4.69, 9.17) is 48.4 Å². The monoisotopic (exact) mass is 410 g/mol. The summed E-state index contributed by atoms with van der Waals surface area (Å²) in [5, 5.41) is 0. The lowest BCUT2D eigenvalue weighted by atomic mass is 10.2. The van der Waals surface area contributed by atoms with Gasteiger partial charge in [0, 0.05) is 17.6 Å². The second kappa shape index (κ2) is 14.2. The van der Waals surface area contributed by atoms with Crippen molar-refractivity contribution in [3.05, 3.63) is 0 Å². The van der Waals surface area contributed by atoms with Gasteiger partial charge in [0.2, 0.25) is 0 Å². The summed E-state index contributed by atoms with van der Waals surface area (Å²) in [6.45, 7) is 5.86. The number of phosphoric ester groups is 1. The largest absolute Gasteiger partial charge is 0.475 e. The van der Waals surface area contributed by atoms with E-state index < -0.39 is 7.82 Å². The fourth-order valence-corrected chi connectivity index (χ4v) is 4.72. The highest BCUT2D eigenvalue weighted by atomic mass is 35.5. The first-order chi connectivity index (χ1) is 11.0. The minimum absolute atomic E-state index is 0.264. The van der Waals surface area contributed by atoms with Crippen molar-refractivity contribution in [1.29, 1.82) is 0 Å². The quantitative estimate of drug-likeness (QED) is 0.232. The summed E-state index contributed by atoms with van der Waals surface area (Å²) in [5.41, 5.74) is 0. The third-order valence-corrected chi connectivity index (χ3v) is 5.82. The molecule has 0 N–H and O–H groups in total. The minimum Gasteiger partial charge on any atom is -0.283 e.